The summed E-state index contributed by atoms with van der Waals surface area (Å²) < 4.78 is 0. The first-order valence-electron chi connectivity index (χ1n) is 7.38. The van der Waals surface area contributed by atoms with Gasteiger partial charge in [-0.05, 0) is 25.8 Å². The molecule has 1 aromatic heterocycles. The minimum absolute atomic E-state index is 0.182. The molecule has 3 rings (SSSR count). The van der Waals surface area contributed by atoms with Gasteiger partial charge in [-0.25, -0.2) is 4.98 Å². The zero-order chi connectivity index (χ0) is 13.9. The zero-order valence-corrected chi connectivity index (χ0v) is 12.0. The first-order chi connectivity index (χ1) is 9.74. The van der Waals surface area contributed by atoms with Crippen molar-refractivity contribution in [2.75, 3.05) is 26.7 Å². The van der Waals surface area contributed by atoms with E-state index >= 15 is 0 Å². The Bertz CT molecular complexity index is 482. The van der Waals surface area contributed by atoms with Crippen LogP contribution in [0.4, 0.5) is 0 Å². The van der Waals surface area contributed by atoms with Gasteiger partial charge in [0, 0.05) is 38.4 Å². The number of amides is 1. The largest absolute Gasteiger partial charge is 0.347 e. The highest BCUT2D eigenvalue weighted by Crippen LogP contribution is 2.25. The number of H-pyrrole nitrogens is 1. The van der Waals surface area contributed by atoms with E-state index < -0.39 is 0 Å². The normalized spacial score (nSPS) is 27.1. The topological polar surface area (TPSA) is 52.2 Å². The van der Waals surface area contributed by atoms with Gasteiger partial charge in [-0.1, -0.05) is 12.2 Å². The maximum absolute atomic E-state index is 12.4. The van der Waals surface area contributed by atoms with Crippen molar-refractivity contribution in [3.05, 3.63) is 30.4 Å². The van der Waals surface area contributed by atoms with E-state index in [4.69, 9.17) is 0 Å². The van der Waals surface area contributed by atoms with Gasteiger partial charge in [0.1, 0.15) is 5.82 Å². The number of likely N-dealkylation sites (N-methyl/N-ethyl adjacent to an activating group) is 1. The highest BCUT2D eigenvalue weighted by molar-refractivity contribution is 5.77. The van der Waals surface area contributed by atoms with E-state index in [2.05, 4.69) is 34.1 Å². The number of rotatable bonds is 3. The molecule has 108 valence electrons. The lowest BCUT2D eigenvalue weighted by atomic mass is 10.0. The second kappa shape index (κ2) is 5.79. The summed E-state index contributed by atoms with van der Waals surface area (Å²) in [5, 5.41) is 0. The van der Waals surface area contributed by atoms with Gasteiger partial charge in [0.15, 0.2) is 0 Å². The monoisotopic (exact) mass is 274 g/mol. The Balaban J connectivity index is 1.62. The van der Waals surface area contributed by atoms with E-state index in [9.17, 15) is 4.79 Å². The molecular formula is C15H22N4O. The predicted molar refractivity (Wildman–Crippen MR) is 77.0 cm³/mol. The number of nitrogens with one attached hydrogen (secondary N) is 1. The standard InChI is InChI=1S/C15H22N4O/c1-18-8-9-19(11-13(18)15-16-6-7-17-15)14(20)10-12-4-2-3-5-12/h2,4,6-7,12-13H,3,5,8-11H2,1H3,(H,16,17)/t12-,13+/m1/s1. The van der Waals surface area contributed by atoms with Gasteiger partial charge in [0.2, 0.25) is 5.91 Å². The summed E-state index contributed by atoms with van der Waals surface area (Å²) in [6, 6.07) is 0.182. The molecule has 0 unspecified atom stereocenters. The molecule has 0 saturated carbocycles. The van der Waals surface area contributed by atoms with Crippen LogP contribution in [0.15, 0.2) is 24.5 Å². The number of carbonyl (C=O) groups is 1. The Morgan fingerprint density at radius 2 is 2.40 bits per heavy atom. The summed E-state index contributed by atoms with van der Waals surface area (Å²) >= 11 is 0. The lowest BCUT2D eigenvalue weighted by Crippen LogP contribution is -2.49. The third-order valence-electron chi connectivity index (χ3n) is 4.38. The van der Waals surface area contributed by atoms with Crippen LogP contribution in [0.3, 0.4) is 0 Å². The number of aromatic amines is 1. The second-order valence-corrected chi connectivity index (χ2v) is 5.78. The number of aromatic nitrogens is 2. The molecule has 1 aliphatic heterocycles. The third-order valence-corrected chi connectivity index (χ3v) is 4.38. The summed E-state index contributed by atoms with van der Waals surface area (Å²) in [5.74, 6) is 1.68. The summed E-state index contributed by atoms with van der Waals surface area (Å²) in [5.41, 5.74) is 0. The molecule has 0 bridgehead atoms. The first-order valence-corrected chi connectivity index (χ1v) is 7.38. The molecule has 0 aromatic carbocycles. The quantitative estimate of drug-likeness (QED) is 0.851. The van der Waals surface area contributed by atoms with Crippen LogP contribution >= 0.6 is 0 Å². The van der Waals surface area contributed by atoms with E-state index in [0.717, 1.165) is 38.3 Å². The number of carbonyl (C=O) groups excluding carboxylic acids is 1. The molecule has 1 N–H and O–H groups in total. The molecule has 2 atom stereocenters. The van der Waals surface area contributed by atoms with Crippen molar-refractivity contribution in [1.82, 2.24) is 19.8 Å². The molecule has 1 fully saturated rings. The highest BCUT2D eigenvalue weighted by atomic mass is 16.2. The molecule has 1 aromatic rings. The lowest BCUT2D eigenvalue weighted by Gasteiger charge is -2.38. The summed E-state index contributed by atoms with van der Waals surface area (Å²) in [6.45, 7) is 2.46. The lowest BCUT2D eigenvalue weighted by molar-refractivity contribution is -0.134. The third kappa shape index (κ3) is 2.77. The van der Waals surface area contributed by atoms with E-state index in [0.29, 0.717) is 12.3 Å². The molecule has 5 nitrogen and oxygen atoms in total. The average Bonchev–Trinajstić information content (AvgIpc) is 3.11. The molecular weight excluding hydrogens is 252 g/mol. The Morgan fingerprint density at radius 3 is 3.10 bits per heavy atom. The van der Waals surface area contributed by atoms with Crippen molar-refractivity contribution < 1.29 is 4.79 Å². The van der Waals surface area contributed by atoms with Crippen molar-refractivity contribution in [2.24, 2.45) is 5.92 Å². The van der Waals surface area contributed by atoms with Gasteiger partial charge >= 0.3 is 0 Å². The molecule has 0 radical (unpaired) electrons. The van der Waals surface area contributed by atoms with Crippen molar-refractivity contribution in [3.63, 3.8) is 0 Å². The number of hydrogen-bond donors (Lipinski definition) is 1. The van der Waals surface area contributed by atoms with Crippen LogP contribution in [0.2, 0.25) is 0 Å². The first kappa shape index (κ1) is 13.4. The second-order valence-electron chi connectivity index (χ2n) is 5.78. The fourth-order valence-corrected chi connectivity index (χ4v) is 3.07. The van der Waals surface area contributed by atoms with Crippen LogP contribution in [-0.2, 0) is 4.79 Å². The minimum atomic E-state index is 0.182. The molecule has 1 amide bonds. The van der Waals surface area contributed by atoms with Crippen LogP contribution in [0, 0.1) is 5.92 Å². The smallest absolute Gasteiger partial charge is 0.223 e. The highest BCUT2D eigenvalue weighted by Gasteiger charge is 2.30. The fourth-order valence-electron chi connectivity index (χ4n) is 3.07. The minimum Gasteiger partial charge on any atom is -0.347 e. The van der Waals surface area contributed by atoms with Gasteiger partial charge in [0.05, 0.1) is 6.04 Å². The summed E-state index contributed by atoms with van der Waals surface area (Å²) in [4.78, 5) is 24.2. The van der Waals surface area contributed by atoms with Crippen LogP contribution < -0.4 is 0 Å². The molecule has 5 heteroatoms. The average molecular weight is 274 g/mol. The van der Waals surface area contributed by atoms with Crippen molar-refractivity contribution in [2.45, 2.75) is 25.3 Å². The number of nitrogens with zero attached hydrogens (tertiary/aromatic N) is 3. The van der Waals surface area contributed by atoms with Gasteiger partial charge in [-0.15, -0.1) is 0 Å². The van der Waals surface area contributed by atoms with Gasteiger partial charge in [-0.3, -0.25) is 9.69 Å². The van der Waals surface area contributed by atoms with Crippen LogP contribution in [0.1, 0.15) is 31.1 Å². The molecule has 2 aliphatic rings. The van der Waals surface area contributed by atoms with E-state index in [1.807, 2.05) is 11.1 Å². The molecule has 0 spiro atoms. The van der Waals surface area contributed by atoms with E-state index in [1.54, 1.807) is 6.20 Å². The zero-order valence-electron chi connectivity index (χ0n) is 12.0. The van der Waals surface area contributed by atoms with Gasteiger partial charge in [0.25, 0.3) is 0 Å². The maximum atomic E-state index is 12.4. The molecule has 1 aliphatic carbocycles. The van der Waals surface area contributed by atoms with Crippen LogP contribution in [0.5, 0.6) is 0 Å². The molecule has 1 saturated heterocycles. The maximum Gasteiger partial charge on any atom is 0.223 e. The Morgan fingerprint density at radius 1 is 1.50 bits per heavy atom. The van der Waals surface area contributed by atoms with Crippen LogP contribution in [0.25, 0.3) is 0 Å². The Kier molecular flexibility index (Phi) is 3.87. The molecule has 2 heterocycles. The predicted octanol–water partition coefficient (Wildman–Crippen LogP) is 1.58. The van der Waals surface area contributed by atoms with Gasteiger partial charge < -0.3 is 9.88 Å². The number of imidazole rings is 1. The van der Waals surface area contributed by atoms with Gasteiger partial charge in [-0.2, -0.15) is 0 Å². The van der Waals surface area contributed by atoms with E-state index in [1.165, 1.54) is 0 Å². The van der Waals surface area contributed by atoms with E-state index in [-0.39, 0.29) is 11.9 Å². The summed E-state index contributed by atoms with van der Waals surface area (Å²) in [6.07, 6.45) is 10.9. The SMILES string of the molecule is CN1CCN(C(=O)C[C@@H]2C=CCC2)C[C@H]1c1ncc[nH]1. The van der Waals surface area contributed by atoms with Crippen molar-refractivity contribution in [3.8, 4) is 0 Å². The summed E-state index contributed by atoms with van der Waals surface area (Å²) in [7, 11) is 2.09. The number of hydrogen-bond acceptors (Lipinski definition) is 3. The van der Waals surface area contributed by atoms with Crippen LogP contribution in [-0.4, -0.2) is 52.4 Å². The number of allylic oxidation sites excluding steroid dienone is 2. The number of piperazine rings is 1. The Hall–Kier alpha value is -1.62. The Labute approximate surface area is 119 Å². The van der Waals surface area contributed by atoms with Crippen molar-refractivity contribution >= 4 is 5.91 Å². The fraction of sp³-hybridized carbons (Fsp3) is 0.600. The van der Waals surface area contributed by atoms with Crippen molar-refractivity contribution in [1.29, 1.82) is 0 Å². The molecule has 20 heavy (non-hydrogen) atoms.